The van der Waals surface area contributed by atoms with Crippen LogP contribution in [0.15, 0.2) is 0 Å². The molecule has 2 unspecified atom stereocenters. The number of rotatable bonds is 6. The van der Waals surface area contributed by atoms with Gasteiger partial charge in [-0.15, -0.1) is 0 Å². The molecule has 0 aromatic carbocycles. The van der Waals surface area contributed by atoms with E-state index in [0.717, 1.165) is 19.1 Å². The molecular formula is C12H25NO. The molecule has 0 spiro atoms. The van der Waals surface area contributed by atoms with E-state index in [1.807, 2.05) is 0 Å². The van der Waals surface area contributed by atoms with Gasteiger partial charge in [-0.1, -0.05) is 20.3 Å². The summed E-state index contributed by atoms with van der Waals surface area (Å²) in [7, 11) is 0. The Morgan fingerprint density at radius 1 is 1.36 bits per heavy atom. The molecule has 0 aromatic rings. The molecule has 2 atom stereocenters. The van der Waals surface area contributed by atoms with Gasteiger partial charge in [-0.3, -0.25) is 0 Å². The number of hydrogen-bond donors (Lipinski definition) is 1. The molecule has 0 bridgehead atoms. The van der Waals surface area contributed by atoms with E-state index >= 15 is 0 Å². The molecule has 1 heterocycles. The maximum absolute atomic E-state index is 5.57. The van der Waals surface area contributed by atoms with Crippen LogP contribution in [-0.4, -0.2) is 25.8 Å². The highest BCUT2D eigenvalue weighted by molar-refractivity contribution is 4.75. The van der Waals surface area contributed by atoms with Crippen LogP contribution < -0.4 is 5.32 Å². The summed E-state index contributed by atoms with van der Waals surface area (Å²) in [6.45, 7) is 7.63. The minimum absolute atomic E-state index is 0.709. The minimum atomic E-state index is 0.709. The quantitative estimate of drug-likeness (QED) is 0.664. The topological polar surface area (TPSA) is 21.3 Å². The Balaban J connectivity index is 1.95. The molecule has 0 saturated carbocycles. The van der Waals surface area contributed by atoms with E-state index in [1.54, 1.807) is 0 Å². The van der Waals surface area contributed by atoms with Crippen molar-refractivity contribution in [1.29, 1.82) is 0 Å². The van der Waals surface area contributed by atoms with Crippen LogP contribution in [0, 0.1) is 5.92 Å². The van der Waals surface area contributed by atoms with Gasteiger partial charge in [-0.2, -0.15) is 0 Å². The lowest BCUT2D eigenvalue weighted by molar-refractivity contribution is 0.115. The van der Waals surface area contributed by atoms with Gasteiger partial charge >= 0.3 is 0 Å². The molecule has 1 saturated heterocycles. The molecule has 1 rings (SSSR count). The summed E-state index contributed by atoms with van der Waals surface area (Å²) in [4.78, 5) is 0. The molecule has 1 aliphatic rings. The Kier molecular flexibility index (Phi) is 6.20. The van der Waals surface area contributed by atoms with Crippen molar-refractivity contribution in [2.24, 2.45) is 5.92 Å². The number of nitrogens with one attached hydrogen (secondary N) is 1. The van der Waals surface area contributed by atoms with Crippen LogP contribution in [0.5, 0.6) is 0 Å². The standard InChI is InChI=1S/C12H25NO/c1-3-4-8-14-9-6-12-10-11(2)5-7-13-12/h11-13H,3-10H2,1-2H3. The van der Waals surface area contributed by atoms with Gasteiger partial charge in [0.1, 0.15) is 0 Å². The smallest absolute Gasteiger partial charge is 0.0480 e. The van der Waals surface area contributed by atoms with Crippen LogP contribution in [0.25, 0.3) is 0 Å². The molecule has 14 heavy (non-hydrogen) atoms. The number of hydrogen-bond acceptors (Lipinski definition) is 2. The van der Waals surface area contributed by atoms with Crippen molar-refractivity contribution in [3.63, 3.8) is 0 Å². The average Bonchev–Trinajstić information content (AvgIpc) is 2.18. The Labute approximate surface area is 88.4 Å². The van der Waals surface area contributed by atoms with Crippen LogP contribution in [0.3, 0.4) is 0 Å². The number of piperidine rings is 1. The first-order valence-electron chi connectivity index (χ1n) is 6.14. The van der Waals surface area contributed by atoms with Crippen molar-refractivity contribution >= 4 is 0 Å². The van der Waals surface area contributed by atoms with Crippen LogP contribution in [-0.2, 0) is 4.74 Å². The van der Waals surface area contributed by atoms with Crippen molar-refractivity contribution in [1.82, 2.24) is 5.32 Å². The molecule has 1 N–H and O–H groups in total. The zero-order chi connectivity index (χ0) is 10.2. The molecule has 0 amide bonds. The fourth-order valence-corrected chi connectivity index (χ4v) is 2.01. The van der Waals surface area contributed by atoms with E-state index in [-0.39, 0.29) is 0 Å². The largest absolute Gasteiger partial charge is 0.381 e. The van der Waals surface area contributed by atoms with Crippen molar-refractivity contribution in [3.8, 4) is 0 Å². The normalized spacial score (nSPS) is 27.9. The van der Waals surface area contributed by atoms with Gasteiger partial charge in [0, 0.05) is 19.3 Å². The SMILES string of the molecule is CCCCOCCC1CC(C)CCN1. The third-order valence-electron chi connectivity index (χ3n) is 3.01. The first kappa shape index (κ1) is 12.0. The Morgan fingerprint density at radius 2 is 2.21 bits per heavy atom. The van der Waals surface area contributed by atoms with Gasteiger partial charge in [-0.05, 0) is 38.1 Å². The second kappa shape index (κ2) is 7.24. The summed E-state index contributed by atoms with van der Waals surface area (Å²) in [6, 6.07) is 0.709. The molecule has 0 aromatic heterocycles. The fourth-order valence-electron chi connectivity index (χ4n) is 2.01. The minimum Gasteiger partial charge on any atom is -0.381 e. The lowest BCUT2D eigenvalue weighted by Crippen LogP contribution is -2.38. The first-order chi connectivity index (χ1) is 6.83. The highest BCUT2D eigenvalue weighted by atomic mass is 16.5. The molecule has 0 aliphatic carbocycles. The number of ether oxygens (including phenoxy) is 1. The van der Waals surface area contributed by atoms with E-state index in [4.69, 9.17) is 4.74 Å². The Morgan fingerprint density at radius 3 is 2.93 bits per heavy atom. The summed E-state index contributed by atoms with van der Waals surface area (Å²) in [6.07, 6.45) is 6.30. The zero-order valence-electron chi connectivity index (χ0n) is 9.72. The fraction of sp³-hybridized carbons (Fsp3) is 1.00. The summed E-state index contributed by atoms with van der Waals surface area (Å²) in [5.41, 5.74) is 0. The molecule has 84 valence electrons. The van der Waals surface area contributed by atoms with Gasteiger partial charge in [0.25, 0.3) is 0 Å². The van der Waals surface area contributed by atoms with Crippen LogP contribution in [0.4, 0.5) is 0 Å². The van der Waals surface area contributed by atoms with Crippen molar-refractivity contribution < 1.29 is 4.74 Å². The summed E-state index contributed by atoms with van der Waals surface area (Å²) in [5.74, 6) is 0.900. The van der Waals surface area contributed by atoms with Gasteiger partial charge in [-0.25, -0.2) is 0 Å². The lowest BCUT2D eigenvalue weighted by atomic mass is 9.93. The average molecular weight is 199 g/mol. The monoisotopic (exact) mass is 199 g/mol. The van der Waals surface area contributed by atoms with Gasteiger partial charge in [0.05, 0.1) is 0 Å². The molecule has 2 nitrogen and oxygen atoms in total. The van der Waals surface area contributed by atoms with Crippen molar-refractivity contribution in [3.05, 3.63) is 0 Å². The number of unbranched alkanes of at least 4 members (excludes halogenated alkanes) is 1. The van der Waals surface area contributed by atoms with Gasteiger partial charge in [0.15, 0.2) is 0 Å². The Bertz CT molecular complexity index is 138. The van der Waals surface area contributed by atoms with E-state index in [9.17, 15) is 0 Å². The summed E-state index contributed by atoms with van der Waals surface area (Å²) in [5, 5.41) is 3.56. The highest BCUT2D eigenvalue weighted by Crippen LogP contribution is 2.16. The molecule has 1 aliphatic heterocycles. The van der Waals surface area contributed by atoms with E-state index in [0.29, 0.717) is 6.04 Å². The van der Waals surface area contributed by atoms with E-state index in [2.05, 4.69) is 19.2 Å². The summed E-state index contributed by atoms with van der Waals surface area (Å²) < 4.78 is 5.57. The first-order valence-corrected chi connectivity index (χ1v) is 6.14. The van der Waals surface area contributed by atoms with Crippen molar-refractivity contribution in [2.75, 3.05) is 19.8 Å². The molecule has 1 fully saturated rings. The van der Waals surface area contributed by atoms with Crippen LogP contribution in [0.1, 0.15) is 46.0 Å². The molecule has 0 radical (unpaired) electrons. The van der Waals surface area contributed by atoms with Crippen LogP contribution in [0.2, 0.25) is 0 Å². The Hall–Kier alpha value is -0.0800. The van der Waals surface area contributed by atoms with Crippen molar-refractivity contribution in [2.45, 2.75) is 52.0 Å². The van der Waals surface area contributed by atoms with Crippen LogP contribution >= 0.6 is 0 Å². The van der Waals surface area contributed by atoms with E-state index < -0.39 is 0 Å². The molecular weight excluding hydrogens is 174 g/mol. The zero-order valence-corrected chi connectivity index (χ0v) is 9.72. The second-order valence-corrected chi connectivity index (χ2v) is 4.54. The highest BCUT2D eigenvalue weighted by Gasteiger charge is 2.17. The van der Waals surface area contributed by atoms with Gasteiger partial charge in [0.2, 0.25) is 0 Å². The maximum atomic E-state index is 5.57. The van der Waals surface area contributed by atoms with Gasteiger partial charge < -0.3 is 10.1 Å². The third-order valence-corrected chi connectivity index (χ3v) is 3.01. The predicted molar refractivity (Wildman–Crippen MR) is 60.5 cm³/mol. The van der Waals surface area contributed by atoms with E-state index in [1.165, 1.54) is 38.6 Å². The maximum Gasteiger partial charge on any atom is 0.0480 e. The molecule has 2 heteroatoms. The third kappa shape index (κ3) is 4.97. The lowest BCUT2D eigenvalue weighted by Gasteiger charge is -2.28. The second-order valence-electron chi connectivity index (χ2n) is 4.54. The summed E-state index contributed by atoms with van der Waals surface area (Å²) >= 11 is 0. The predicted octanol–water partition coefficient (Wildman–Crippen LogP) is 2.58.